The van der Waals surface area contributed by atoms with Gasteiger partial charge in [0.05, 0.1) is 5.92 Å². The minimum absolute atomic E-state index is 0.00933. The van der Waals surface area contributed by atoms with Crippen molar-refractivity contribution in [2.45, 2.75) is 64.3 Å². The van der Waals surface area contributed by atoms with Crippen molar-refractivity contribution in [3.63, 3.8) is 0 Å². The SMILES string of the molecule is CCCCC1C(C(=O)NCCCc2ccc3c(n2)NCCC3)CCN1C(=O)O. The summed E-state index contributed by atoms with van der Waals surface area (Å²) in [5.74, 6) is 0.768. The fourth-order valence-corrected chi connectivity index (χ4v) is 4.29. The topological polar surface area (TPSA) is 94.6 Å². The van der Waals surface area contributed by atoms with Crippen LogP contribution in [0.3, 0.4) is 0 Å². The number of anilines is 1. The molecule has 0 radical (unpaired) electrons. The van der Waals surface area contributed by atoms with E-state index in [9.17, 15) is 14.7 Å². The molecule has 1 aromatic rings. The van der Waals surface area contributed by atoms with Crippen LogP contribution in [0.5, 0.6) is 0 Å². The highest BCUT2D eigenvalue weighted by molar-refractivity contribution is 5.81. The third-order valence-electron chi connectivity index (χ3n) is 5.84. The van der Waals surface area contributed by atoms with Gasteiger partial charge in [0.25, 0.3) is 0 Å². The number of unbranched alkanes of at least 4 members (excludes halogenated alkanes) is 1. The monoisotopic (exact) mass is 388 g/mol. The average molecular weight is 389 g/mol. The molecule has 154 valence electrons. The first-order valence-corrected chi connectivity index (χ1v) is 10.6. The van der Waals surface area contributed by atoms with Crippen LogP contribution in [0.2, 0.25) is 0 Å². The number of fused-ring (bicyclic) bond motifs is 1. The van der Waals surface area contributed by atoms with Crippen molar-refractivity contribution in [3.8, 4) is 0 Å². The number of pyridine rings is 1. The van der Waals surface area contributed by atoms with Crippen molar-refractivity contribution in [1.29, 1.82) is 0 Å². The van der Waals surface area contributed by atoms with Crippen molar-refractivity contribution in [3.05, 3.63) is 23.4 Å². The molecule has 2 amide bonds. The summed E-state index contributed by atoms with van der Waals surface area (Å²) in [6.45, 7) is 4.11. The van der Waals surface area contributed by atoms with Gasteiger partial charge in [-0.2, -0.15) is 0 Å². The molecule has 2 atom stereocenters. The van der Waals surface area contributed by atoms with Gasteiger partial charge in [0.15, 0.2) is 0 Å². The summed E-state index contributed by atoms with van der Waals surface area (Å²) in [4.78, 5) is 30.2. The zero-order valence-corrected chi connectivity index (χ0v) is 16.7. The Hall–Kier alpha value is -2.31. The van der Waals surface area contributed by atoms with E-state index in [0.717, 1.165) is 63.0 Å². The molecule has 0 aliphatic carbocycles. The Balaban J connectivity index is 1.46. The number of hydrogen-bond acceptors (Lipinski definition) is 4. The van der Waals surface area contributed by atoms with Gasteiger partial charge in [0.1, 0.15) is 5.82 Å². The number of rotatable bonds is 8. The molecule has 3 heterocycles. The summed E-state index contributed by atoms with van der Waals surface area (Å²) in [6, 6.07) is 4.04. The molecule has 3 rings (SSSR count). The second-order valence-electron chi connectivity index (χ2n) is 7.82. The highest BCUT2D eigenvalue weighted by Crippen LogP contribution is 2.28. The Morgan fingerprint density at radius 3 is 3.00 bits per heavy atom. The van der Waals surface area contributed by atoms with Crippen LogP contribution in [0.15, 0.2) is 12.1 Å². The highest BCUT2D eigenvalue weighted by atomic mass is 16.4. The quantitative estimate of drug-likeness (QED) is 0.595. The van der Waals surface area contributed by atoms with Crippen LogP contribution < -0.4 is 10.6 Å². The van der Waals surface area contributed by atoms with E-state index >= 15 is 0 Å². The minimum atomic E-state index is -0.913. The van der Waals surface area contributed by atoms with Gasteiger partial charge in [-0.15, -0.1) is 0 Å². The lowest BCUT2D eigenvalue weighted by atomic mass is 9.95. The summed E-state index contributed by atoms with van der Waals surface area (Å²) in [5, 5.41) is 15.8. The van der Waals surface area contributed by atoms with E-state index in [1.807, 2.05) is 0 Å². The molecule has 7 heteroatoms. The lowest BCUT2D eigenvalue weighted by molar-refractivity contribution is -0.125. The normalized spacial score (nSPS) is 21.1. The van der Waals surface area contributed by atoms with Crippen LogP contribution in [0.4, 0.5) is 10.6 Å². The lowest BCUT2D eigenvalue weighted by Crippen LogP contribution is -2.42. The van der Waals surface area contributed by atoms with Crippen LogP contribution >= 0.6 is 0 Å². The van der Waals surface area contributed by atoms with Gasteiger partial charge in [0, 0.05) is 31.4 Å². The molecule has 1 saturated heterocycles. The molecule has 3 N–H and O–H groups in total. The number of aromatic nitrogens is 1. The third-order valence-corrected chi connectivity index (χ3v) is 5.84. The van der Waals surface area contributed by atoms with E-state index in [0.29, 0.717) is 19.5 Å². The van der Waals surface area contributed by atoms with Gasteiger partial charge in [-0.05, 0) is 50.2 Å². The fraction of sp³-hybridized carbons (Fsp3) is 0.667. The Bertz CT molecular complexity index is 694. The molecule has 0 aromatic carbocycles. The maximum Gasteiger partial charge on any atom is 0.407 e. The Labute approximate surface area is 166 Å². The predicted molar refractivity (Wildman–Crippen MR) is 109 cm³/mol. The van der Waals surface area contributed by atoms with Crippen molar-refractivity contribution in [2.75, 3.05) is 25.0 Å². The molecular weight excluding hydrogens is 356 g/mol. The van der Waals surface area contributed by atoms with Gasteiger partial charge in [-0.3, -0.25) is 4.79 Å². The molecular formula is C21H32N4O3. The predicted octanol–water partition coefficient (Wildman–Crippen LogP) is 3.05. The lowest BCUT2D eigenvalue weighted by Gasteiger charge is -2.25. The number of carboxylic acid groups (broad SMARTS) is 1. The van der Waals surface area contributed by atoms with Gasteiger partial charge < -0.3 is 20.6 Å². The molecule has 1 aromatic heterocycles. The number of likely N-dealkylation sites (tertiary alicyclic amines) is 1. The van der Waals surface area contributed by atoms with Crippen molar-refractivity contribution < 1.29 is 14.7 Å². The minimum Gasteiger partial charge on any atom is -0.465 e. The summed E-state index contributed by atoms with van der Waals surface area (Å²) in [7, 11) is 0. The van der Waals surface area contributed by atoms with E-state index in [1.54, 1.807) is 0 Å². The number of carbonyl (C=O) groups excluding carboxylic acids is 1. The van der Waals surface area contributed by atoms with E-state index in [2.05, 4.69) is 34.7 Å². The molecule has 7 nitrogen and oxygen atoms in total. The number of amides is 2. The number of hydrogen-bond donors (Lipinski definition) is 3. The molecule has 2 aliphatic rings. The molecule has 0 saturated carbocycles. The van der Waals surface area contributed by atoms with Crippen LogP contribution in [0.25, 0.3) is 0 Å². The first kappa shape index (κ1) is 20.4. The second-order valence-corrected chi connectivity index (χ2v) is 7.82. The molecule has 2 aliphatic heterocycles. The van der Waals surface area contributed by atoms with Gasteiger partial charge in [-0.1, -0.05) is 25.8 Å². The van der Waals surface area contributed by atoms with Crippen LogP contribution in [0.1, 0.15) is 56.7 Å². The smallest absolute Gasteiger partial charge is 0.407 e. The Kier molecular flexibility index (Phi) is 7.12. The molecule has 0 bridgehead atoms. The molecule has 28 heavy (non-hydrogen) atoms. The van der Waals surface area contributed by atoms with Gasteiger partial charge >= 0.3 is 6.09 Å². The third kappa shape index (κ3) is 4.94. The van der Waals surface area contributed by atoms with E-state index in [-0.39, 0.29) is 17.9 Å². The van der Waals surface area contributed by atoms with E-state index < -0.39 is 6.09 Å². The Morgan fingerprint density at radius 2 is 2.21 bits per heavy atom. The summed E-state index contributed by atoms with van der Waals surface area (Å²) >= 11 is 0. The standard InChI is InChI=1S/C21H32N4O3/c1-2-3-8-18-17(11-14-25(18)21(27)28)20(26)23-13-5-7-16-10-9-15-6-4-12-22-19(15)24-16/h9-10,17-18H,2-8,11-14H2,1H3,(H,22,24)(H,23,26)(H,27,28). The number of carbonyl (C=O) groups is 2. The zero-order chi connectivity index (χ0) is 19.9. The summed E-state index contributed by atoms with van der Waals surface area (Å²) in [6.07, 6.45) is 6.28. The van der Waals surface area contributed by atoms with Gasteiger partial charge in [0.2, 0.25) is 5.91 Å². The van der Waals surface area contributed by atoms with Crippen LogP contribution in [-0.4, -0.2) is 52.7 Å². The fourth-order valence-electron chi connectivity index (χ4n) is 4.29. The number of nitrogens with zero attached hydrogens (tertiary/aromatic N) is 2. The maximum absolute atomic E-state index is 12.6. The number of aryl methyl sites for hydroxylation is 2. The second kappa shape index (κ2) is 9.75. The largest absolute Gasteiger partial charge is 0.465 e. The molecule has 1 fully saturated rings. The van der Waals surface area contributed by atoms with Crippen molar-refractivity contribution in [2.24, 2.45) is 5.92 Å². The average Bonchev–Trinajstić information content (AvgIpc) is 3.13. The Morgan fingerprint density at radius 1 is 1.36 bits per heavy atom. The summed E-state index contributed by atoms with van der Waals surface area (Å²) in [5.41, 5.74) is 2.33. The van der Waals surface area contributed by atoms with Gasteiger partial charge in [-0.25, -0.2) is 9.78 Å². The first-order chi connectivity index (χ1) is 13.6. The van der Waals surface area contributed by atoms with E-state index in [1.165, 1.54) is 10.5 Å². The van der Waals surface area contributed by atoms with Crippen LogP contribution in [0, 0.1) is 5.92 Å². The summed E-state index contributed by atoms with van der Waals surface area (Å²) < 4.78 is 0. The zero-order valence-electron chi connectivity index (χ0n) is 16.7. The van der Waals surface area contributed by atoms with E-state index in [4.69, 9.17) is 0 Å². The van der Waals surface area contributed by atoms with Crippen molar-refractivity contribution in [1.82, 2.24) is 15.2 Å². The molecule has 2 unspecified atom stereocenters. The van der Waals surface area contributed by atoms with Crippen molar-refractivity contribution >= 4 is 17.8 Å². The highest BCUT2D eigenvalue weighted by Gasteiger charge is 2.40. The van der Waals surface area contributed by atoms with Crippen LogP contribution in [-0.2, 0) is 17.6 Å². The molecule has 0 spiro atoms. The number of nitrogens with one attached hydrogen (secondary N) is 2. The first-order valence-electron chi connectivity index (χ1n) is 10.6. The maximum atomic E-state index is 12.6.